The van der Waals surface area contributed by atoms with Crippen LogP contribution < -0.4 is 5.73 Å². The van der Waals surface area contributed by atoms with Crippen LogP contribution in [0.15, 0.2) is 0 Å². The minimum Gasteiger partial charge on any atom is -0.323 e. The van der Waals surface area contributed by atoms with Crippen molar-refractivity contribution in [3.05, 3.63) is 10.6 Å². The molecule has 0 bridgehead atoms. The van der Waals surface area contributed by atoms with Gasteiger partial charge in [-0.2, -0.15) is 0 Å². The van der Waals surface area contributed by atoms with Gasteiger partial charge in [0, 0.05) is 6.04 Å². The predicted molar refractivity (Wildman–Crippen MR) is 48.9 cm³/mol. The Labute approximate surface area is 76.1 Å². The SMILES string of the molecule is Cc1nnsc1C(N)CC1CC1. The van der Waals surface area contributed by atoms with Gasteiger partial charge < -0.3 is 5.73 Å². The highest BCUT2D eigenvalue weighted by Crippen LogP contribution is 2.37. The molecule has 0 aliphatic heterocycles. The average molecular weight is 183 g/mol. The van der Waals surface area contributed by atoms with Crippen LogP contribution in [0, 0.1) is 12.8 Å². The van der Waals surface area contributed by atoms with Gasteiger partial charge in [-0.15, -0.1) is 5.10 Å². The number of nitrogens with zero attached hydrogens (tertiary/aromatic N) is 2. The van der Waals surface area contributed by atoms with Crippen molar-refractivity contribution < 1.29 is 0 Å². The highest BCUT2D eigenvalue weighted by atomic mass is 32.1. The molecule has 0 aromatic carbocycles. The monoisotopic (exact) mass is 183 g/mol. The Morgan fingerprint density at radius 2 is 2.42 bits per heavy atom. The molecule has 3 nitrogen and oxygen atoms in total. The third-order valence-corrected chi connectivity index (χ3v) is 3.27. The fourth-order valence-corrected chi connectivity index (χ4v) is 2.05. The molecule has 1 aromatic heterocycles. The molecule has 1 aromatic rings. The van der Waals surface area contributed by atoms with Crippen molar-refractivity contribution in [1.29, 1.82) is 0 Å². The van der Waals surface area contributed by atoms with Gasteiger partial charge in [0.05, 0.1) is 10.6 Å². The number of hydrogen-bond donors (Lipinski definition) is 1. The molecular weight excluding hydrogens is 170 g/mol. The minimum atomic E-state index is 0.178. The Morgan fingerprint density at radius 1 is 1.67 bits per heavy atom. The van der Waals surface area contributed by atoms with Crippen LogP contribution in [-0.2, 0) is 0 Å². The molecular formula is C8H13N3S. The summed E-state index contributed by atoms with van der Waals surface area (Å²) in [6.45, 7) is 1.98. The van der Waals surface area contributed by atoms with E-state index in [0.29, 0.717) is 0 Å². The maximum absolute atomic E-state index is 6.01. The van der Waals surface area contributed by atoms with Crippen molar-refractivity contribution in [2.45, 2.75) is 32.2 Å². The Balaban J connectivity index is 2.02. The third-order valence-electron chi connectivity index (χ3n) is 2.31. The normalized spacial score (nSPS) is 19.5. The summed E-state index contributed by atoms with van der Waals surface area (Å²) in [5.41, 5.74) is 7.02. The Bertz CT molecular complexity index is 267. The smallest absolute Gasteiger partial charge is 0.0772 e. The van der Waals surface area contributed by atoms with E-state index in [1.54, 1.807) is 0 Å². The van der Waals surface area contributed by atoms with Crippen LogP contribution in [0.5, 0.6) is 0 Å². The van der Waals surface area contributed by atoms with Crippen molar-refractivity contribution in [2.75, 3.05) is 0 Å². The minimum absolute atomic E-state index is 0.178. The molecule has 1 fully saturated rings. The lowest BCUT2D eigenvalue weighted by molar-refractivity contribution is 0.601. The molecule has 0 spiro atoms. The second kappa shape index (κ2) is 3.11. The van der Waals surface area contributed by atoms with E-state index in [0.717, 1.165) is 18.0 Å². The lowest BCUT2D eigenvalue weighted by atomic mass is 10.1. The first-order chi connectivity index (χ1) is 5.77. The molecule has 2 N–H and O–H groups in total. The lowest BCUT2D eigenvalue weighted by Gasteiger charge is -2.07. The van der Waals surface area contributed by atoms with E-state index >= 15 is 0 Å². The Morgan fingerprint density at radius 3 is 2.92 bits per heavy atom. The molecule has 1 heterocycles. The van der Waals surface area contributed by atoms with Gasteiger partial charge in [0.15, 0.2) is 0 Å². The van der Waals surface area contributed by atoms with Crippen LogP contribution in [0.1, 0.15) is 35.9 Å². The maximum Gasteiger partial charge on any atom is 0.0772 e. The summed E-state index contributed by atoms with van der Waals surface area (Å²) < 4.78 is 3.88. The van der Waals surface area contributed by atoms with E-state index < -0.39 is 0 Å². The maximum atomic E-state index is 6.01. The molecule has 1 aliphatic carbocycles. The fraction of sp³-hybridized carbons (Fsp3) is 0.750. The van der Waals surface area contributed by atoms with E-state index in [-0.39, 0.29) is 6.04 Å². The zero-order chi connectivity index (χ0) is 8.55. The van der Waals surface area contributed by atoms with Crippen LogP contribution in [0.2, 0.25) is 0 Å². The van der Waals surface area contributed by atoms with Crippen molar-refractivity contribution in [1.82, 2.24) is 9.59 Å². The van der Waals surface area contributed by atoms with Crippen molar-refractivity contribution in [3.63, 3.8) is 0 Å². The van der Waals surface area contributed by atoms with Crippen LogP contribution in [0.25, 0.3) is 0 Å². The summed E-state index contributed by atoms with van der Waals surface area (Å²) in [6, 6.07) is 0.178. The van der Waals surface area contributed by atoms with Crippen LogP contribution in [-0.4, -0.2) is 9.59 Å². The van der Waals surface area contributed by atoms with Crippen LogP contribution >= 0.6 is 11.5 Å². The molecule has 2 rings (SSSR count). The van der Waals surface area contributed by atoms with Gasteiger partial charge in [-0.25, -0.2) is 0 Å². The zero-order valence-corrected chi connectivity index (χ0v) is 7.97. The van der Waals surface area contributed by atoms with Crippen molar-refractivity contribution >= 4 is 11.5 Å². The Hall–Kier alpha value is -0.480. The molecule has 1 aliphatic rings. The summed E-state index contributed by atoms with van der Waals surface area (Å²) >= 11 is 1.44. The van der Waals surface area contributed by atoms with Gasteiger partial charge in [-0.05, 0) is 30.8 Å². The number of rotatable bonds is 3. The standard InChI is InChI=1S/C8H13N3S/c1-5-8(12-11-10-5)7(9)4-6-2-3-6/h6-7H,2-4,9H2,1H3. The van der Waals surface area contributed by atoms with E-state index in [9.17, 15) is 0 Å². The summed E-state index contributed by atoms with van der Waals surface area (Å²) in [4.78, 5) is 1.17. The number of aryl methyl sites for hydroxylation is 1. The highest BCUT2D eigenvalue weighted by molar-refractivity contribution is 7.05. The molecule has 0 saturated heterocycles. The molecule has 1 unspecified atom stereocenters. The van der Waals surface area contributed by atoms with E-state index in [2.05, 4.69) is 9.59 Å². The largest absolute Gasteiger partial charge is 0.323 e. The number of hydrogen-bond acceptors (Lipinski definition) is 4. The molecule has 0 amide bonds. The molecule has 4 heteroatoms. The summed E-state index contributed by atoms with van der Waals surface area (Å²) in [7, 11) is 0. The predicted octanol–water partition coefficient (Wildman–Crippen LogP) is 1.65. The number of aromatic nitrogens is 2. The van der Waals surface area contributed by atoms with Gasteiger partial charge in [-0.3, -0.25) is 0 Å². The second-order valence-corrected chi connectivity index (χ2v) is 4.29. The third kappa shape index (κ3) is 1.64. The van der Waals surface area contributed by atoms with Crippen molar-refractivity contribution in [3.8, 4) is 0 Å². The summed E-state index contributed by atoms with van der Waals surface area (Å²) in [5.74, 6) is 0.876. The highest BCUT2D eigenvalue weighted by Gasteiger charge is 2.26. The first-order valence-corrected chi connectivity index (χ1v) is 5.09. The van der Waals surface area contributed by atoms with E-state index in [4.69, 9.17) is 5.73 Å². The summed E-state index contributed by atoms with van der Waals surface area (Å²) in [6.07, 6.45) is 3.84. The Kier molecular flexibility index (Phi) is 2.11. The van der Waals surface area contributed by atoms with Gasteiger partial charge >= 0.3 is 0 Å². The molecule has 12 heavy (non-hydrogen) atoms. The first kappa shape index (κ1) is 8.13. The van der Waals surface area contributed by atoms with E-state index in [1.807, 2.05) is 6.92 Å². The van der Waals surface area contributed by atoms with E-state index in [1.165, 1.54) is 29.3 Å². The average Bonchev–Trinajstić information content (AvgIpc) is 2.72. The van der Waals surface area contributed by atoms with Gasteiger partial charge in [0.2, 0.25) is 0 Å². The molecule has 1 atom stereocenters. The van der Waals surface area contributed by atoms with Gasteiger partial charge in [0.25, 0.3) is 0 Å². The van der Waals surface area contributed by atoms with Crippen LogP contribution in [0.4, 0.5) is 0 Å². The molecule has 0 radical (unpaired) electrons. The van der Waals surface area contributed by atoms with Gasteiger partial charge in [0.1, 0.15) is 0 Å². The molecule has 1 saturated carbocycles. The van der Waals surface area contributed by atoms with Crippen molar-refractivity contribution in [2.24, 2.45) is 11.7 Å². The topological polar surface area (TPSA) is 51.8 Å². The van der Waals surface area contributed by atoms with Gasteiger partial charge in [-0.1, -0.05) is 17.3 Å². The molecule has 66 valence electrons. The van der Waals surface area contributed by atoms with Crippen LogP contribution in [0.3, 0.4) is 0 Å². The fourth-order valence-electron chi connectivity index (χ4n) is 1.40. The number of nitrogens with two attached hydrogens (primary N) is 1. The lowest BCUT2D eigenvalue weighted by Crippen LogP contribution is -2.10. The zero-order valence-electron chi connectivity index (χ0n) is 7.16. The quantitative estimate of drug-likeness (QED) is 0.775. The first-order valence-electron chi connectivity index (χ1n) is 4.32. The summed E-state index contributed by atoms with van der Waals surface area (Å²) in [5, 5.41) is 3.95. The second-order valence-electron chi connectivity index (χ2n) is 3.51.